The van der Waals surface area contributed by atoms with Gasteiger partial charge in [0.25, 0.3) is 0 Å². The zero-order valence-electron chi connectivity index (χ0n) is 20.0. The number of rotatable bonds is 12. The smallest absolute Gasteiger partial charge is 0.246 e. The number of hydrogen-bond donors (Lipinski definition) is 2. The fourth-order valence-corrected chi connectivity index (χ4v) is 6.15. The van der Waals surface area contributed by atoms with Gasteiger partial charge in [-0.15, -0.1) is 11.8 Å². The predicted molar refractivity (Wildman–Crippen MR) is 141 cm³/mol. The first-order valence-corrected chi connectivity index (χ1v) is 14.8. The first-order chi connectivity index (χ1) is 16.2. The minimum absolute atomic E-state index is 0.0729. The van der Waals surface area contributed by atoms with Gasteiger partial charge in [-0.3, -0.25) is 19.8 Å². The average molecular weight is 493 g/mol. The van der Waals surface area contributed by atoms with Crippen molar-refractivity contribution in [2.24, 2.45) is 5.92 Å². The molecule has 1 aromatic rings. The molecule has 0 bridgehead atoms. The van der Waals surface area contributed by atoms with Gasteiger partial charge in [-0.25, -0.2) is 0 Å². The van der Waals surface area contributed by atoms with Crippen LogP contribution in [0, 0.1) is 5.92 Å². The summed E-state index contributed by atoms with van der Waals surface area (Å²) in [5.41, 5.74) is 1.30. The zero-order valence-corrected chi connectivity index (χ0v) is 21.6. The van der Waals surface area contributed by atoms with Crippen LogP contribution in [-0.4, -0.2) is 84.0 Å². The molecule has 3 rings (SSSR count). The van der Waals surface area contributed by atoms with Gasteiger partial charge in [0.15, 0.2) is 0 Å². The van der Waals surface area contributed by atoms with Crippen LogP contribution in [0.3, 0.4) is 0 Å². The summed E-state index contributed by atoms with van der Waals surface area (Å²) < 4.78 is 0. The maximum absolute atomic E-state index is 13.4. The number of carbonyl (C=O) groups excluding carboxylic acids is 2. The molecule has 2 fully saturated rings. The van der Waals surface area contributed by atoms with E-state index in [9.17, 15) is 9.59 Å². The molecule has 8 heteroatoms. The summed E-state index contributed by atoms with van der Waals surface area (Å²) in [6, 6.07) is 10.0. The minimum Gasteiger partial charge on any atom is -0.342 e. The molecule has 1 heterocycles. The van der Waals surface area contributed by atoms with Crippen molar-refractivity contribution in [2.75, 3.05) is 56.4 Å². The molecule has 1 saturated heterocycles. The number of amides is 2. The van der Waals surface area contributed by atoms with Crippen LogP contribution >= 0.6 is 23.5 Å². The van der Waals surface area contributed by atoms with E-state index in [2.05, 4.69) is 39.8 Å². The van der Waals surface area contributed by atoms with Crippen LogP contribution in [0.15, 0.2) is 30.3 Å². The topological polar surface area (TPSA) is 64.7 Å². The van der Waals surface area contributed by atoms with Gasteiger partial charge in [0.2, 0.25) is 11.8 Å². The second-order valence-corrected chi connectivity index (χ2v) is 11.0. The number of nitrogens with one attached hydrogen (secondary N) is 2. The zero-order chi connectivity index (χ0) is 23.3. The standard InChI is InChI=1S/C25H40N4O2S2/c1-32-20-26-16-24(30)27-23(19-33-18-22-10-6-3-7-11-22)25(31)29-14-12-28(13-15-29)17-21-8-4-2-5-9-21/h2,4-5,8-9,22-23,26H,3,6-7,10-20H2,1H3,(H,27,30). The monoisotopic (exact) mass is 492 g/mol. The maximum Gasteiger partial charge on any atom is 0.246 e. The number of nitrogens with zero attached hydrogens (tertiary/aromatic N) is 2. The highest BCUT2D eigenvalue weighted by Crippen LogP contribution is 2.27. The van der Waals surface area contributed by atoms with Crippen LogP contribution in [-0.2, 0) is 16.1 Å². The molecule has 1 saturated carbocycles. The number of thioether (sulfide) groups is 2. The van der Waals surface area contributed by atoms with Gasteiger partial charge in [-0.2, -0.15) is 11.8 Å². The van der Waals surface area contributed by atoms with Crippen molar-refractivity contribution in [3.63, 3.8) is 0 Å². The van der Waals surface area contributed by atoms with Crippen molar-refractivity contribution in [2.45, 2.75) is 44.7 Å². The summed E-state index contributed by atoms with van der Waals surface area (Å²) in [4.78, 5) is 30.2. The van der Waals surface area contributed by atoms with Gasteiger partial charge < -0.3 is 10.2 Å². The minimum atomic E-state index is -0.442. The summed E-state index contributed by atoms with van der Waals surface area (Å²) in [7, 11) is 0. The molecule has 2 N–H and O–H groups in total. The molecule has 2 aliphatic rings. The molecule has 184 valence electrons. The number of carbonyl (C=O) groups is 2. The summed E-state index contributed by atoms with van der Waals surface area (Å²) in [5.74, 6) is 3.22. The Morgan fingerprint density at radius 2 is 1.79 bits per heavy atom. The first kappa shape index (κ1) is 26.4. The lowest BCUT2D eigenvalue weighted by Crippen LogP contribution is -2.56. The van der Waals surface area contributed by atoms with Gasteiger partial charge in [-0.1, -0.05) is 49.6 Å². The molecular weight excluding hydrogens is 452 g/mol. The summed E-state index contributed by atoms with van der Waals surface area (Å²) in [6.07, 6.45) is 8.63. The van der Waals surface area contributed by atoms with Crippen LogP contribution in [0.5, 0.6) is 0 Å². The molecule has 1 aromatic carbocycles. The average Bonchev–Trinajstić information content (AvgIpc) is 2.85. The maximum atomic E-state index is 13.4. The van der Waals surface area contributed by atoms with Crippen molar-refractivity contribution in [3.05, 3.63) is 35.9 Å². The lowest BCUT2D eigenvalue weighted by Gasteiger charge is -2.36. The van der Waals surface area contributed by atoms with Gasteiger partial charge in [-0.05, 0) is 36.3 Å². The molecule has 0 aromatic heterocycles. The van der Waals surface area contributed by atoms with Crippen molar-refractivity contribution >= 4 is 35.3 Å². The van der Waals surface area contributed by atoms with E-state index in [1.54, 1.807) is 11.8 Å². The highest BCUT2D eigenvalue weighted by atomic mass is 32.2. The highest BCUT2D eigenvalue weighted by Gasteiger charge is 2.29. The molecule has 2 amide bonds. The Labute approximate surface area is 208 Å². The van der Waals surface area contributed by atoms with Crippen LogP contribution in [0.4, 0.5) is 0 Å². The van der Waals surface area contributed by atoms with Gasteiger partial charge >= 0.3 is 0 Å². The van der Waals surface area contributed by atoms with Crippen molar-refractivity contribution in [1.29, 1.82) is 0 Å². The normalized spacial score (nSPS) is 18.8. The van der Waals surface area contributed by atoms with E-state index < -0.39 is 6.04 Å². The van der Waals surface area contributed by atoms with Gasteiger partial charge in [0, 0.05) is 44.4 Å². The molecule has 1 aliphatic heterocycles. The lowest BCUT2D eigenvalue weighted by molar-refractivity contribution is -0.137. The van der Waals surface area contributed by atoms with Gasteiger partial charge in [0.05, 0.1) is 6.54 Å². The second kappa shape index (κ2) is 14.9. The molecular formula is C25H40N4O2S2. The third-order valence-electron chi connectivity index (χ3n) is 6.46. The lowest BCUT2D eigenvalue weighted by atomic mass is 9.91. The SMILES string of the molecule is CSCNCC(=O)NC(CSCC1CCCCC1)C(=O)N1CCN(Cc2ccccc2)CC1. The highest BCUT2D eigenvalue weighted by molar-refractivity contribution is 7.99. The van der Waals surface area contributed by atoms with Gasteiger partial charge in [0.1, 0.15) is 6.04 Å². The fourth-order valence-electron chi connectivity index (χ4n) is 4.58. The Morgan fingerprint density at radius 3 is 2.48 bits per heavy atom. The van der Waals surface area contributed by atoms with Crippen molar-refractivity contribution in [3.8, 4) is 0 Å². The van der Waals surface area contributed by atoms with Crippen LogP contribution < -0.4 is 10.6 Å². The molecule has 0 radical (unpaired) electrons. The Balaban J connectivity index is 1.49. The van der Waals surface area contributed by atoms with Crippen molar-refractivity contribution in [1.82, 2.24) is 20.4 Å². The van der Waals surface area contributed by atoms with E-state index in [0.717, 1.165) is 50.3 Å². The van der Waals surface area contributed by atoms with E-state index in [-0.39, 0.29) is 18.4 Å². The van der Waals surface area contributed by atoms with E-state index in [0.29, 0.717) is 5.75 Å². The Hall–Kier alpha value is -1.22. The molecule has 0 spiro atoms. The predicted octanol–water partition coefficient (Wildman–Crippen LogP) is 3.04. The molecule has 1 atom stereocenters. The Bertz CT molecular complexity index is 708. The largest absolute Gasteiger partial charge is 0.342 e. The quantitative estimate of drug-likeness (QED) is 0.345. The Kier molecular flexibility index (Phi) is 11.9. The second-order valence-electron chi connectivity index (χ2n) is 9.11. The summed E-state index contributed by atoms with van der Waals surface area (Å²) >= 11 is 3.48. The molecule has 1 unspecified atom stereocenters. The molecule has 1 aliphatic carbocycles. The number of piperazine rings is 1. The number of benzene rings is 1. The van der Waals surface area contributed by atoms with Crippen molar-refractivity contribution < 1.29 is 9.59 Å². The number of hydrogen-bond acceptors (Lipinski definition) is 6. The van der Waals surface area contributed by atoms with E-state index in [1.807, 2.05) is 29.0 Å². The Morgan fingerprint density at radius 1 is 1.06 bits per heavy atom. The summed E-state index contributed by atoms with van der Waals surface area (Å²) in [6.45, 7) is 4.34. The molecule has 33 heavy (non-hydrogen) atoms. The fraction of sp³-hybridized carbons (Fsp3) is 0.680. The van der Waals surface area contributed by atoms with E-state index in [1.165, 1.54) is 37.7 Å². The first-order valence-electron chi connectivity index (χ1n) is 12.3. The third-order valence-corrected chi connectivity index (χ3v) is 8.23. The van der Waals surface area contributed by atoms with Crippen LogP contribution in [0.1, 0.15) is 37.7 Å². The van der Waals surface area contributed by atoms with Crippen LogP contribution in [0.25, 0.3) is 0 Å². The van der Waals surface area contributed by atoms with E-state index >= 15 is 0 Å². The molecule has 6 nitrogen and oxygen atoms in total. The third kappa shape index (κ3) is 9.51. The van der Waals surface area contributed by atoms with Crippen LogP contribution in [0.2, 0.25) is 0 Å². The summed E-state index contributed by atoms with van der Waals surface area (Å²) in [5, 5.41) is 6.13. The van der Waals surface area contributed by atoms with E-state index in [4.69, 9.17) is 0 Å².